The second-order valence-corrected chi connectivity index (χ2v) is 10.9. The van der Waals surface area contributed by atoms with E-state index in [1.165, 1.54) is 41.4 Å². The second-order valence-electron chi connectivity index (χ2n) is 8.42. The highest BCUT2D eigenvalue weighted by Gasteiger charge is 2.47. The van der Waals surface area contributed by atoms with E-state index in [2.05, 4.69) is 9.71 Å². The third kappa shape index (κ3) is 6.48. The van der Waals surface area contributed by atoms with Crippen LogP contribution in [0.2, 0.25) is 10.0 Å². The number of nitrogens with one attached hydrogen (secondary N) is 1. The fraction of sp³-hybridized carbons (Fsp3) is 0.148. The maximum Gasteiger partial charge on any atom is 0.285 e. The predicted octanol–water partition coefficient (Wildman–Crippen LogP) is 3.93. The molecule has 1 amide bonds. The lowest BCUT2D eigenvalue weighted by atomic mass is 9.85. The number of nitrogens with zero attached hydrogens (tertiary/aromatic N) is 3. The van der Waals surface area contributed by atoms with E-state index in [1.54, 1.807) is 31.3 Å². The Kier molecular flexibility index (Phi) is 8.71. The van der Waals surface area contributed by atoms with Gasteiger partial charge < -0.3 is 15.8 Å². The van der Waals surface area contributed by atoms with E-state index in [1.807, 2.05) is 30.3 Å². The molecule has 3 N–H and O–H groups in total. The smallest absolute Gasteiger partial charge is 0.285 e. The van der Waals surface area contributed by atoms with Crippen molar-refractivity contribution >= 4 is 50.8 Å². The molecule has 3 aromatic carbocycles. The van der Waals surface area contributed by atoms with E-state index in [0.717, 1.165) is 5.56 Å². The third-order valence-electron chi connectivity index (χ3n) is 5.83. The van der Waals surface area contributed by atoms with Gasteiger partial charge in [0.1, 0.15) is 5.71 Å². The van der Waals surface area contributed by atoms with E-state index in [0.29, 0.717) is 21.3 Å². The number of carbonyl (C=O) groups is 1. The van der Waals surface area contributed by atoms with Crippen molar-refractivity contribution in [1.82, 2.24) is 10.3 Å². The number of sulfonamides is 1. The van der Waals surface area contributed by atoms with E-state index >= 15 is 0 Å². The first-order valence-electron chi connectivity index (χ1n) is 11.7. The van der Waals surface area contributed by atoms with E-state index < -0.39 is 21.5 Å². The second kappa shape index (κ2) is 12.0. The van der Waals surface area contributed by atoms with Crippen LogP contribution in [0.15, 0.2) is 105 Å². The van der Waals surface area contributed by atoms with Crippen molar-refractivity contribution in [2.24, 2.45) is 15.2 Å². The van der Waals surface area contributed by atoms with E-state index in [9.17, 15) is 13.2 Å². The summed E-state index contributed by atoms with van der Waals surface area (Å²) >= 11 is 12.1. The van der Waals surface area contributed by atoms with Crippen LogP contribution in [0.1, 0.15) is 11.1 Å². The number of ether oxygens (including phenoxy) is 1. The van der Waals surface area contributed by atoms with Gasteiger partial charge in [0, 0.05) is 28.7 Å². The van der Waals surface area contributed by atoms with Crippen LogP contribution in [0.3, 0.4) is 0 Å². The van der Waals surface area contributed by atoms with Gasteiger partial charge in [-0.3, -0.25) is 4.79 Å². The molecular weight excluding hydrogens is 561 g/mol. The largest absolute Gasteiger partial charge is 0.366 e. The molecule has 0 fully saturated rings. The van der Waals surface area contributed by atoms with Gasteiger partial charge in [0.15, 0.2) is 5.60 Å². The molecule has 0 radical (unpaired) electrons. The van der Waals surface area contributed by atoms with Crippen LogP contribution in [0, 0.1) is 0 Å². The standard InChI is InChI=1S/C27H25Cl2N5O4S/c1-31-26(33-39(36,37)23-15-13-22(29)14-16-23)34-18-27(20-6-3-2-4-7-20,38-17-5-8-24(30)35)25(32-34)19-9-11-21(28)12-10-19/h2-16H,17-18H2,1H3,(H2,30,35)(H,31,33)/b8-5+. The molecule has 0 spiro atoms. The minimum Gasteiger partial charge on any atom is -0.366 e. The average molecular weight is 587 g/mol. The fourth-order valence-electron chi connectivity index (χ4n) is 4.03. The molecule has 202 valence electrons. The lowest BCUT2D eigenvalue weighted by Crippen LogP contribution is -2.45. The molecule has 1 atom stereocenters. The summed E-state index contributed by atoms with van der Waals surface area (Å²) in [4.78, 5) is 11.2. The van der Waals surface area contributed by atoms with Crippen LogP contribution in [-0.2, 0) is 25.2 Å². The van der Waals surface area contributed by atoms with Crippen molar-refractivity contribution in [3.8, 4) is 0 Å². The Hall–Kier alpha value is -3.70. The molecule has 39 heavy (non-hydrogen) atoms. The third-order valence-corrected chi connectivity index (χ3v) is 7.61. The van der Waals surface area contributed by atoms with Crippen molar-refractivity contribution in [2.75, 3.05) is 20.2 Å². The zero-order chi connectivity index (χ0) is 28.0. The summed E-state index contributed by atoms with van der Waals surface area (Å²) in [5.41, 5.74) is 6.00. The number of carbonyl (C=O) groups excluding carboxylic acids is 1. The molecule has 0 aliphatic carbocycles. The zero-order valence-electron chi connectivity index (χ0n) is 20.8. The fourth-order valence-corrected chi connectivity index (χ4v) is 5.28. The summed E-state index contributed by atoms with van der Waals surface area (Å²) in [6.45, 7) is 0.0859. The maximum absolute atomic E-state index is 13.1. The summed E-state index contributed by atoms with van der Waals surface area (Å²) in [6, 6.07) is 22.1. The lowest BCUT2D eigenvalue weighted by Gasteiger charge is -2.31. The lowest BCUT2D eigenvalue weighted by molar-refractivity contribution is -0.113. The number of hydrogen-bond acceptors (Lipinski definition) is 5. The SMILES string of the molecule is CN/C(=N\S(=O)(=O)c1ccc(Cl)cc1)N1CC(OC/C=C/C(N)=O)(c2ccccc2)C(c2ccc(Cl)cc2)=N1. The summed E-state index contributed by atoms with van der Waals surface area (Å²) in [5, 5.41) is 10.0. The van der Waals surface area contributed by atoms with Crippen LogP contribution < -0.4 is 11.1 Å². The zero-order valence-corrected chi connectivity index (χ0v) is 23.1. The molecule has 3 aromatic rings. The Morgan fingerprint density at radius 3 is 2.28 bits per heavy atom. The predicted molar refractivity (Wildman–Crippen MR) is 152 cm³/mol. The molecule has 12 heteroatoms. The Balaban J connectivity index is 1.83. The van der Waals surface area contributed by atoms with Crippen LogP contribution in [-0.4, -0.2) is 51.2 Å². The number of nitrogens with two attached hydrogens (primary N) is 1. The topological polar surface area (TPSA) is 126 Å². The molecule has 1 aliphatic heterocycles. The Morgan fingerprint density at radius 1 is 1.08 bits per heavy atom. The Bertz CT molecular complexity index is 1530. The van der Waals surface area contributed by atoms with Gasteiger partial charge in [-0.1, -0.05) is 71.7 Å². The number of halogens is 2. The minimum atomic E-state index is -4.11. The highest BCUT2D eigenvalue weighted by Crippen LogP contribution is 2.37. The summed E-state index contributed by atoms with van der Waals surface area (Å²) in [5.74, 6) is -0.630. The molecule has 1 heterocycles. The minimum absolute atomic E-state index is 0.0212. The molecule has 4 rings (SSSR count). The van der Waals surface area contributed by atoms with Crippen LogP contribution in [0.4, 0.5) is 0 Å². The van der Waals surface area contributed by atoms with Gasteiger partial charge in [0.05, 0.1) is 18.0 Å². The number of rotatable bonds is 8. The molecule has 9 nitrogen and oxygen atoms in total. The highest BCUT2D eigenvalue weighted by molar-refractivity contribution is 7.90. The number of hydrazone groups is 1. The van der Waals surface area contributed by atoms with Gasteiger partial charge >= 0.3 is 0 Å². The average Bonchev–Trinajstić information content (AvgIpc) is 3.31. The van der Waals surface area contributed by atoms with Crippen molar-refractivity contribution in [2.45, 2.75) is 10.5 Å². The Labute approximate surface area is 236 Å². The van der Waals surface area contributed by atoms with E-state index in [-0.39, 0.29) is 24.0 Å². The van der Waals surface area contributed by atoms with Gasteiger partial charge in [-0.25, -0.2) is 5.01 Å². The monoisotopic (exact) mass is 585 g/mol. The normalized spacial score (nSPS) is 17.9. The Morgan fingerprint density at radius 2 is 1.69 bits per heavy atom. The van der Waals surface area contributed by atoms with Crippen molar-refractivity contribution in [1.29, 1.82) is 0 Å². The quantitative estimate of drug-likeness (QED) is 0.234. The number of benzene rings is 3. The van der Waals surface area contributed by atoms with Crippen LogP contribution in [0.5, 0.6) is 0 Å². The van der Waals surface area contributed by atoms with Gasteiger partial charge in [-0.05, 0) is 42.0 Å². The molecule has 1 aliphatic rings. The van der Waals surface area contributed by atoms with E-state index in [4.69, 9.17) is 38.8 Å². The van der Waals surface area contributed by atoms with Gasteiger partial charge in [-0.2, -0.15) is 13.5 Å². The highest BCUT2D eigenvalue weighted by atomic mass is 35.5. The summed E-state index contributed by atoms with van der Waals surface area (Å²) < 4.78 is 36.7. The summed E-state index contributed by atoms with van der Waals surface area (Å²) in [7, 11) is -2.56. The molecular formula is C27H25Cl2N5O4S. The molecule has 0 saturated carbocycles. The molecule has 1 unspecified atom stereocenters. The molecule has 0 bridgehead atoms. The van der Waals surface area contributed by atoms with Crippen molar-refractivity contribution in [3.05, 3.63) is 112 Å². The maximum atomic E-state index is 13.1. The number of primary amides is 1. The summed E-state index contributed by atoms with van der Waals surface area (Å²) in [6.07, 6.45) is 2.72. The first-order valence-corrected chi connectivity index (χ1v) is 13.9. The van der Waals surface area contributed by atoms with Crippen molar-refractivity contribution in [3.63, 3.8) is 0 Å². The number of hydrogen-bond donors (Lipinski definition) is 2. The first kappa shape index (κ1) is 28.3. The molecule has 0 saturated heterocycles. The van der Waals surface area contributed by atoms with Gasteiger partial charge in [0.25, 0.3) is 10.0 Å². The molecule has 0 aromatic heterocycles. The number of guanidine groups is 1. The van der Waals surface area contributed by atoms with Gasteiger partial charge in [-0.15, -0.1) is 4.40 Å². The first-order chi connectivity index (χ1) is 18.6. The van der Waals surface area contributed by atoms with Gasteiger partial charge in [0.2, 0.25) is 11.9 Å². The van der Waals surface area contributed by atoms with Crippen LogP contribution >= 0.6 is 23.2 Å². The van der Waals surface area contributed by atoms with Crippen molar-refractivity contribution < 1.29 is 17.9 Å². The number of amides is 1. The van der Waals surface area contributed by atoms with Crippen LogP contribution in [0.25, 0.3) is 0 Å².